The molecule has 5 nitrogen and oxygen atoms in total. The van der Waals surface area contributed by atoms with Gasteiger partial charge in [-0.25, -0.2) is 9.97 Å². The molecule has 0 spiro atoms. The van der Waals surface area contributed by atoms with Crippen LogP contribution in [0.2, 0.25) is 0 Å². The minimum absolute atomic E-state index is 0.0550. The maximum Gasteiger partial charge on any atom is 0.226 e. The van der Waals surface area contributed by atoms with Gasteiger partial charge in [0.25, 0.3) is 0 Å². The number of carbonyl (C=O) groups excluding carboxylic acids is 1. The number of carbonyl (C=O) groups is 1. The van der Waals surface area contributed by atoms with Crippen LogP contribution in [-0.2, 0) is 11.2 Å². The second kappa shape index (κ2) is 7.08. The highest BCUT2D eigenvalue weighted by Crippen LogP contribution is 2.18. The zero-order valence-electron chi connectivity index (χ0n) is 13.6. The third-order valence-electron chi connectivity index (χ3n) is 3.99. The average molecular weight is 330 g/mol. The Labute approximate surface area is 140 Å². The van der Waals surface area contributed by atoms with Crippen LogP contribution in [0.15, 0.2) is 23.6 Å². The fraction of sp³-hybridized carbons (Fsp3) is 0.471. The van der Waals surface area contributed by atoms with Gasteiger partial charge in [-0.3, -0.25) is 4.79 Å². The van der Waals surface area contributed by atoms with Crippen LogP contribution in [0.25, 0.3) is 0 Å². The lowest BCUT2D eigenvalue weighted by Gasteiger charge is -2.34. The van der Waals surface area contributed by atoms with Crippen LogP contribution in [-0.4, -0.2) is 35.0 Å². The summed E-state index contributed by atoms with van der Waals surface area (Å²) in [5.74, 6) is 1.05. The van der Waals surface area contributed by atoms with Crippen LogP contribution in [0.5, 0.6) is 0 Å². The van der Waals surface area contributed by atoms with Gasteiger partial charge in [-0.05, 0) is 38.8 Å². The molecule has 3 rings (SSSR count). The molecule has 0 bridgehead atoms. The third kappa shape index (κ3) is 4.28. The topological polar surface area (TPSA) is 58.1 Å². The first-order valence-electron chi connectivity index (χ1n) is 7.99. The van der Waals surface area contributed by atoms with E-state index in [1.54, 1.807) is 11.3 Å². The standard InChI is InChI=1S/C17H22N4OS/c1-12-5-3-7-16(18-12)21-8-4-6-14(10-21)20-17(22)9-15-11-23-13(2)19-15/h3,5,7,11,14H,4,6,8-10H2,1-2H3,(H,20,22). The van der Waals surface area contributed by atoms with E-state index >= 15 is 0 Å². The van der Waals surface area contributed by atoms with Gasteiger partial charge in [0.05, 0.1) is 17.1 Å². The number of nitrogens with one attached hydrogen (secondary N) is 1. The molecule has 23 heavy (non-hydrogen) atoms. The van der Waals surface area contributed by atoms with Crippen LogP contribution in [0.3, 0.4) is 0 Å². The first-order chi connectivity index (χ1) is 11.1. The summed E-state index contributed by atoms with van der Waals surface area (Å²) < 4.78 is 0. The number of rotatable bonds is 4. The smallest absolute Gasteiger partial charge is 0.226 e. The summed E-state index contributed by atoms with van der Waals surface area (Å²) in [5.41, 5.74) is 1.88. The second-order valence-corrected chi connectivity index (χ2v) is 7.09. The molecule has 2 aromatic rings. The lowest BCUT2D eigenvalue weighted by molar-refractivity contribution is -0.121. The summed E-state index contributed by atoms with van der Waals surface area (Å²) in [4.78, 5) is 23.4. The monoisotopic (exact) mass is 330 g/mol. The van der Waals surface area contributed by atoms with Gasteiger partial charge in [0, 0.05) is 30.2 Å². The molecule has 0 radical (unpaired) electrons. The lowest BCUT2D eigenvalue weighted by Crippen LogP contribution is -2.48. The Kier molecular flexibility index (Phi) is 4.91. The molecule has 1 unspecified atom stereocenters. The molecule has 1 amide bonds. The van der Waals surface area contributed by atoms with E-state index in [0.29, 0.717) is 6.42 Å². The molecule has 1 fully saturated rings. The Morgan fingerprint density at radius 1 is 1.39 bits per heavy atom. The predicted octanol–water partition coefficient (Wildman–Crippen LogP) is 2.48. The zero-order chi connectivity index (χ0) is 16.2. The molecule has 1 atom stereocenters. The number of hydrogen-bond acceptors (Lipinski definition) is 5. The van der Waals surface area contributed by atoms with Crippen LogP contribution in [0, 0.1) is 13.8 Å². The molecule has 3 heterocycles. The van der Waals surface area contributed by atoms with Gasteiger partial charge in [-0.15, -0.1) is 11.3 Å². The van der Waals surface area contributed by atoms with Crippen molar-refractivity contribution in [1.29, 1.82) is 0 Å². The van der Waals surface area contributed by atoms with E-state index in [1.807, 2.05) is 37.4 Å². The highest BCUT2D eigenvalue weighted by atomic mass is 32.1. The quantitative estimate of drug-likeness (QED) is 0.936. The molecule has 1 N–H and O–H groups in total. The summed E-state index contributed by atoms with van der Waals surface area (Å²) in [6.45, 7) is 5.77. The zero-order valence-corrected chi connectivity index (χ0v) is 14.4. The minimum Gasteiger partial charge on any atom is -0.355 e. The lowest BCUT2D eigenvalue weighted by atomic mass is 10.1. The van der Waals surface area contributed by atoms with Crippen LogP contribution in [0.4, 0.5) is 5.82 Å². The van der Waals surface area contributed by atoms with Crippen LogP contribution >= 0.6 is 11.3 Å². The van der Waals surface area contributed by atoms with E-state index in [-0.39, 0.29) is 11.9 Å². The molecule has 0 saturated carbocycles. The number of hydrogen-bond donors (Lipinski definition) is 1. The van der Waals surface area contributed by atoms with Crippen LogP contribution < -0.4 is 10.2 Å². The Balaban J connectivity index is 1.57. The van der Waals surface area contributed by atoms with E-state index in [1.165, 1.54) is 0 Å². The highest BCUT2D eigenvalue weighted by molar-refractivity contribution is 7.09. The van der Waals surface area contributed by atoms with Crippen molar-refractivity contribution in [3.05, 3.63) is 40.0 Å². The van der Waals surface area contributed by atoms with Crippen molar-refractivity contribution in [2.24, 2.45) is 0 Å². The molecule has 2 aromatic heterocycles. The fourth-order valence-electron chi connectivity index (χ4n) is 2.94. The maximum atomic E-state index is 12.2. The fourth-order valence-corrected chi connectivity index (χ4v) is 3.55. The predicted molar refractivity (Wildman–Crippen MR) is 92.9 cm³/mol. The first kappa shape index (κ1) is 15.9. The van der Waals surface area contributed by atoms with Crippen molar-refractivity contribution >= 4 is 23.1 Å². The Hall–Kier alpha value is -1.95. The minimum atomic E-state index is 0.0550. The number of amides is 1. The molecule has 0 aliphatic carbocycles. The van der Waals surface area contributed by atoms with E-state index in [0.717, 1.165) is 48.1 Å². The summed E-state index contributed by atoms with van der Waals surface area (Å²) in [7, 11) is 0. The van der Waals surface area contributed by atoms with E-state index in [4.69, 9.17) is 0 Å². The van der Waals surface area contributed by atoms with Crippen LogP contribution in [0.1, 0.15) is 29.2 Å². The number of aromatic nitrogens is 2. The number of aryl methyl sites for hydroxylation is 2. The normalized spacial score (nSPS) is 18.0. The van der Waals surface area contributed by atoms with Gasteiger partial charge in [-0.2, -0.15) is 0 Å². The van der Waals surface area contributed by atoms with E-state index < -0.39 is 0 Å². The van der Waals surface area contributed by atoms with Crippen molar-refractivity contribution in [1.82, 2.24) is 15.3 Å². The summed E-state index contributed by atoms with van der Waals surface area (Å²) in [6, 6.07) is 6.25. The van der Waals surface area contributed by atoms with Gasteiger partial charge in [0.1, 0.15) is 5.82 Å². The maximum absolute atomic E-state index is 12.2. The van der Waals surface area contributed by atoms with Gasteiger partial charge in [-0.1, -0.05) is 6.07 Å². The number of piperidine rings is 1. The van der Waals surface area contributed by atoms with E-state index in [2.05, 4.69) is 20.2 Å². The van der Waals surface area contributed by atoms with Crippen molar-refractivity contribution < 1.29 is 4.79 Å². The number of anilines is 1. The van der Waals surface area contributed by atoms with Gasteiger partial charge < -0.3 is 10.2 Å². The highest BCUT2D eigenvalue weighted by Gasteiger charge is 2.22. The number of nitrogens with zero attached hydrogens (tertiary/aromatic N) is 3. The molecule has 122 valence electrons. The average Bonchev–Trinajstić information content (AvgIpc) is 2.92. The molecule has 1 aliphatic rings. The molecule has 1 aliphatic heterocycles. The number of pyridine rings is 1. The molecular formula is C17H22N4OS. The summed E-state index contributed by atoms with van der Waals surface area (Å²) in [6.07, 6.45) is 2.45. The van der Waals surface area contributed by atoms with Crippen molar-refractivity contribution in [2.45, 2.75) is 39.2 Å². The Morgan fingerprint density at radius 3 is 3.00 bits per heavy atom. The van der Waals surface area contributed by atoms with Gasteiger partial charge in [0.2, 0.25) is 5.91 Å². The molecule has 1 saturated heterocycles. The largest absolute Gasteiger partial charge is 0.355 e. The van der Waals surface area contributed by atoms with Crippen molar-refractivity contribution in [3.63, 3.8) is 0 Å². The summed E-state index contributed by atoms with van der Waals surface area (Å²) >= 11 is 1.58. The number of thiazole rings is 1. The molecule has 6 heteroatoms. The van der Waals surface area contributed by atoms with Gasteiger partial charge >= 0.3 is 0 Å². The molecule has 0 aromatic carbocycles. The Bertz CT molecular complexity index is 685. The van der Waals surface area contributed by atoms with E-state index in [9.17, 15) is 4.79 Å². The van der Waals surface area contributed by atoms with Crippen molar-refractivity contribution in [3.8, 4) is 0 Å². The summed E-state index contributed by atoms with van der Waals surface area (Å²) in [5, 5.41) is 6.11. The van der Waals surface area contributed by atoms with Crippen molar-refractivity contribution in [2.75, 3.05) is 18.0 Å². The first-order valence-corrected chi connectivity index (χ1v) is 8.87. The van der Waals surface area contributed by atoms with Gasteiger partial charge in [0.15, 0.2) is 0 Å². The Morgan fingerprint density at radius 2 is 2.26 bits per heavy atom. The molecular weight excluding hydrogens is 308 g/mol. The SMILES string of the molecule is Cc1cccc(N2CCCC(NC(=O)Cc3csc(C)n3)C2)n1. The second-order valence-electron chi connectivity index (χ2n) is 6.02. The third-order valence-corrected chi connectivity index (χ3v) is 4.81.